The van der Waals surface area contributed by atoms with Gasteiger partial charge in [0.1, 0.15) is 5.41 Å². The Hall–Kier alpha value is -2.10. The van der Waals surface area contributed by atoms with Crippen molar-refractivity contribution in [3.05, 3.63) is 41.0 Å². The van der Waals surface area contributed by atoms with E-state index in [9.17, 15) is 9.59 Å². The largest absolute Gasteiger partial charge is 0.355 e. The molecule has 1 aromatic carbocycles. The maximum absolute atomic E-state index is 12.6. The monoisotopic (exact) mass is 342 g/mol. The van der Waals surface area contributed by atoms with E-state index < -0.39 is 5.41 Å². The van der Waals surface area contributed by atoms with Gasteiger partial charge in [0.2, 0.25) is 11.8 Å². The summed E-state index contributed by atoms with van der Waals surface area (Å²) in [7, 11) is 0. The van der Waals surface area contributed by atoms with Crippen molar-refractivity contribution >= 4 is 17.5 Å². The van der Waals surface area contributed by atoms with Gasteiger partial charge in [0.05, 0.1) is 0 Å². The Morgan fingerprint density at radius 1 is 1.12 bits per heavy atom. The van der Waals surface area contributed by atoms with E-state index in [1.807, 2.05) is 32.0 Å². The summed E-state index contributed by atoms with van der Waals surface area (Å²) in [4.78, 5) is 25.1. The third-order valence-electron chi connectivity index (χ3n) is 5.10. The predicted molar refractivity (Wildman–Crippen MR) is 103 cm³/mol. The van der Waals surface area contributed by atoms with Crippen LogP contribution in [-0.2, 0) is 9.59 Å². The number of carbonyl (C=O) groups excluding carboxylic acids is 2. The molecule has 0 fully saturated rings. The van der Waals surface area contributed by atoms with Crippen molar-refractivity contribution in [1.82, 2.24) is 5.32 Å². The van der Waals surface area contributed by atoms with Crippen LogP contribution in [0.1, 0.15) is 57.1 Å². The van der Waals surface area contributed by atoms with Crippen LogP contribution in [0.25, 0.3) is 0 Å². The molecule has 0 bridgehead atoms. The molecule has 0 heterocycles. The van der Waals surface area contributed by atoms with Crippen LogP contribution >= 0.6 is 0 Å². The van der Waals surface area contributed by atoms with Crippen LogP contribution in [0.4, 0.5) is 5.69 Å². The second-order valence-corrected chi connectivity index (χ2v) is 7.44. The first-order valence-electron chi connectivity index (χ1n) is 9.16. The summed E-state index contributed by atoms with van der Waals surface area (Å²) in [5.74, 6) is -0.512. The Morgan fingerprint density at radius 3 is 2.56 bits per heavy atom. The first-order chi connectivity index (χ1) is 11.8. The van der Waals surface area contributed by atoms with Gasteiger partial charge in [-0.15, -0.1) is 0 Å². The molecule has 0 aliphatic heterocycles. The van der Waals surface area contributed by atoms with Crippen molar-refractivity contribution in [3.8, 4) is 0 Å². The van der Waals surface area contributed by atoms with Crippen molar-refractivity contribution < 1.29 is 9.59 Å². The fraction of sp³-hybridized carbons (Fsp3) is 0.524. The third kappa shape index (κ3) is 4.94. The van der Waals surface area contributed by atoms with Gasteiger partial charge in [-0.05, 0) is 77.0 Å². The summed E-state index contributed by atoms with van der Waals surface area (Å²) in [6.07, 6.45) is 7.94. The molecule has 0 aromatic heterocycles. The lowest BCUT2D eigenvalue weighted by molar-refractivity contribution is -0.138. The number of hydrogen-bond donors (Lipinski definition) is 2. The summed E-state index contributed by atoms with van der Waals surface area (Å²) in [5.41, 5.74) is 3.21. The Bertz CT molecular complexity index is 674. The smallest absolute Gasteiger partial charge is 0.239 e. The van der Waals surface area contributed by atoms with Crippen LogP contribution in [0.5, 0.6) is 0 Å². The molecule has 1 aromatic rings. The molecule has 136 valence electrons. The molecular formula is C21H30N2O2. The maximum atomic E-state index is 12.6. The molecule has 1 aliphatic carbocycles. The Balaban J connectivity index is 1.91. The first-order valence-corrected chi connectivity index (χ1v) is 9.16. The normalized spacial score (nSPS) is 14.6. The van der Waals surface area contributed by atoms with E-state index >= 15 is 0 Å². The topological polar surface area (TPSA) is 58.2 Å². The van der Waals surface area contributed by atoms with Crippen molar-refractivity contribution in [2.24, 2.45) is 5.41 Å². The summed E-state index contributed by atoms with van der Waals surface area (Å²) >= 11 is 0. The zero-order valence-electron chi connectivity index (χ0n) is 15.9. The average Bonchev–Trinajstić information content (AvgIpc) is 2.59. The van der Waals surface area contributed by atoms with Crippen molar-refractivity contribution in [2.45, 2.75) is 59.8 Å². The van der Waals surface area contributed by atoms with Crippen LogP contribution < -0.4 is 10.6 Å². The third-order valence-corrected chi connectivity index (χ3v) is 5.10. The van der Waals surface area contributed by atoms with Crippen LogP contribution in [0.15, 0.2) is 29.8 Å². The van der Waals surface area contributed by atoms with Crippen molar-refractivity contribution in [3.63, 3.8) is 0 Å². The molecule has 4 nitrogen and oxygen atoms in total. The van der Waals surface area contributed by atoms with Crippen molar-refractivity contribution in [1.29, 1.82) is 0 Å². The molecule has 25 heavy (non-hydrogen) atoms. The predicted octanol–water partition coefficient (Wildman–Crippen LogP) is 4.27. The maximum Gasteiger partial charge on any atom is 0.239 e. The summed E-state index contributed by atoms with van der Waals surface area (Å²) in [6, 6.07) is 5.77. The fourth-order valence-corrected chi connectivity index (χ4v) is 2.96. The van der Waals surface area contributed by atoms with E-state index in [2.05, 4.69) is 16.7 Å². The minimum absolute atomic E-state index is 0.230. The molecule has 4 heteroatoms. The molecule has 2 rings (SSSR count). The second-order valence-electron chi connectivity index (χ2n) is 7.44. The highest BCUT2D eigenvalue weighted by Gasteiger charge is 2.36. The Morgan fingerprint density at radius 2 is 1.88 bits per heavy atom. The van der Waals surface area contributed by atoms with E-state index in [4.69, 9.17) is 0 Å². The average molecular weight is 342 g/mol. The van der Waals surface area contributed by atoms with Crippen LogP contribution in [-0.4, -0.2) is 18.4 Å². The SMILES string of the molecule is Cc1cccc(NC(=O)C(C)(C)C(=O)NCCC2=CCCCC2)c1C. The standard InChI is InChI=1S/C21H30N2O2/c1-15-9-8-12-18(16(15)2)23-20(25)21(3,4)19(24)22-14-13-17-10-6-5-7-11-17/h8-10,12H,5-7,11,13-14H2,1-4H3,(H,22,24)(H,23,25). The summed E-state index contributed by atoms with van der Waals surface area (Å²) in [6.45, 7) is 7.90. The van der Waals surface area contributed by atoms with E-state index in [0.717, 1.165) is 36.1 Å². The lowest BCUT2D eigenvalue weighted by Crippen LogP contribution is -2.45. The Kier molecular flexibility index (Phi) is 6.40. The molecule has 2 amide bonds. The summed E-state index contributed by atoms with van der Waals surface area (Å²) in [5, 5.41) is 5.82. The van der Waals surface area contributed by atoms with E-state index in [1.165, 1.54) is 18.4 Å². The van der Waals surface area contributed by atoms with Crippen LogP contribution in [0, 0.1) is 19.3 Å². The highest BCUT2D eigenvalue weighted by molar-refractivity contribution is 6.10. The van der Waals surface area contributed by atoms with E-state index in [-0.39, 0.29) is 11.8 Å². The quantitative estimate of drug-likeness (QED) is 0.599. The molecule has 0 atom stereocenters. The van der Waals surface area contributed by atoms with Crippen molar-refractivity contribution in [2.75, 3.05) is 11.9 Å². The van der Waals surface area contributed by atoms with Gasteiger partial charge in [-0.25, -0.2) is 0 Å². The van der Waals surface area contributed by atoms with Gasteiger partial charge >= 0.3 is 0 Å². The molecular weight excluding hydrogens is 312 g/mol. The number of rotatable bonds is 6. The van der Waals surface area contributed by atoms with Gasteiger partial charge in [-0.2, -0.15) is 0 Å². The number of carbonyl (C=O) groups is 2. The van der Waals surface area contributed by atoms with E-state index in [1.54, 1.807) is 13.8 Å². The number of anilines is 1. The van der Waals surface area contributed by atoms with Crippen LogP contribution in [0.3, 0.4) is 0 Å². The number of amides is 2. The zero-order valence-corrected chi connectivity index (χ0v) is 15.9. The minimum atomic E-state index is -1.11. The second kappa shape index (κ2) is 8.32. The minimum Gasteiger partial charge on any atom is -0.355 e. The van der Waals surface area contributed by atoms with Gasteiger partial charge < -0.3 is 10.6 Å². The number of allylic oxidation sites excluding steroid dienone is 1. The highest BCUT2D eigenvalue weighted by Crippen LogP contribution is 2.23. The lowest BCUT2D eigenvalue weighted by atomic mass is 9.90. The molecule has 0 saturated heterocycles. The van der Waals surface area contributed by atoms with Gasteiger partial charge in [0.25, 0.3) is 0 Å². The van der Waals surface area contributed by atoms with Gasteiger partial charge in [0.15, 0.2) is 0 Å². The number of aryl methyl sites for hydroxylation is 1. The number of hydrogen-bond acceptors (Lipinski definition) is 2. The molecule has 0 unspecified atom stereocenters. The first kappa shape index (κ1) is 19.2. The van der Waals surface area contributed by atoms with Gasteiger partial charge in [-0.3, -0.25) is 9.59 Å². The highest BCUT2D eigenvalue weighted by atomic mass is 16.2. The zero-order chi connectivity index (χ0) is 18.4. The molecule has 0 spiro atoms. The van der Waals surface area contributed by atoms with Crippen LogP contribution in [0.2, 0.25) is 0 Å². The molecule has 1 aliphatic rings. The van der Waals surface area contributed by atoms with Gasteiger partial charge in [0, 0.05) is 12.2 Å². The number of nitrogens with one attached hydrogen (secondary N) is 2. The Labute approximate surface area is 151 Å². The molecule has 0 radical (unpaired) electrons. The lowest BCUT2D eigenvalue weighted by Gasteiger charge is -2.24. The molecule has 0 saturated carbocycles. The number of benzene rings is 1. The molecule has 2 N–H and O–H groups in total. The fourth-order valence-electron chi connectivity index (χ4n) is 2.96. The van der Waals surface area contributed by atoms with Gasteiger partial charge in [-0.1, -0.05) is 23.8 Å². The van der Waals surface area contributed by atoms with E-state index in [0.29, 0.717) is 6.54 Å². The summed E-state index contributed by atoms with van der Waals surface area (Å²) < 4.78 is 0.